The van der Waals surface area contributed by atoms with E-state index >= 15 is 0 Å². The zero-order valence-electron chi connectivity index (χ0n) is 16.1. The second-order valence-corrected chi connectivity index (χ2v) is 16.5. The summed E-state index contributed by atoms with van der Waals surface area (Å²) in [5, 5.41) is 11.7. The van der Waals surface area contributed by atoms with Crippen molar-refractivity contribution >= 4 is 24.5 Å². The third-order valence-corrected chi connectivity index (χ3v) is 17.7. The number of carbonyl (C=O) groups is 1. The highest BCUT2D eigenvalue weighted by Gasteiger charge is 2.45. The molecule has 1 saturated heterocycles. The fourth-order valence-electron chi connectivity index (χ4n) is 4.22. The van der Waals surface area contributed by atoms with Crippen LogP contribution in [0.3, 0.4) is 0 Å². The van der Waals surface area contributed by atoms with Gasteiger partial charge in [-0.1, -0.05) is 53.7 Å². The van der Waals surface area contributed by atoms with Crippen LogP contribution >= 0.6 is 11.2 Å². The minimum atomic E-state index is -1.57. The lowest BCUT2D eigenvalue weighted by Gasteiger charge is -2.43. The first-order valence-corrected chi connectivity index (χ1v) is 12.8. The molecule has 2 N–H and O–H groups in total. The molecule has 0 spiro atoms. The Hall–Kier alpha value is -0.983. The molecule has 0 aliphatic carbocycles. The largest absolute Gasteiger partial charge is 0.465 e. The molecule has 0 radical (unpaired) electrons. The van der Waals surface area contributed by atoms with Crippen LogP contribution in [0.15, 0.2) is 29.2 Å². The number of benzene rings is 1. The van der Waals surface area contributed by atoms with Crippen LogP contribution in [0.5, 0.6) is 0 Å². The number of hydrogen-bond donors (Lipinski definition) is 2. The van der Waals surface area contributed by atoms with Gasteiger partial charge >= 0.3 is 6.09 Å². The average Bonchev–Trinajstić information content (AvgIpc) is 2.48. The maximum Gasteiger partial charge on any atom is 0.405 e. The number of carboxylic acid groups (broad SMARTS) is 1. The van der Waals surface area contributed by atoms with Gasteiger partial charge in [0.1, 0.15) is 12.8 Å². The van der Waals surface area contributed by atoms with Gasteiger partial charge < -0.3 is 15.2 Å². The lowest BCUT2D eigenvalue weighted by molar-refractivity contribution is -0.0744. The van der Waals surface area contributed by atoms with Gasteiger partial charge in [-0.25, -0.2) is 4.79 Å². The maximum absolute atomic E-state index is 11.1. The Balaban J connectivity index is 2.26. The van der Waals surface area contributed by atoms with Gasteiger partial charge in [0.25, 0.3) is 0 Å². The highest BCUT2D eigenvalue weighted by atomic mass is 32.4. The van der Waals surface area contributed by atoms with E-state index in [0.717, 1.165) is 5.56 Å². The van der Waals surface area contributed by atoms with E-state index in [0.29, 0.717) is 29.8 Å². The van der Waals surface area contributed by atoms with Crippen molar-refractivity contribution in [3.05, 3.63) is 29.8 Å². The van der Waals surface area contributed by atoms with Gasteiger partial charge in [0, 0.05) is 4.90 Å². The van der Waals surface area contributed by atoms with Crippen LogP contribution in [0.4, 0.5) is 4.79 Å². The van der Waals surface area contributed by atoms with Crippen LogP contribution in [-0.4, -0.2) is 31.6 Å². The zero-order valence-corrected chi connectivity index (χ0v) is 17.9. The molecule has 1 fully saturated rings. The third-order valence-electron chi connectivity index (χ3n) is 5.45. The SMILES string of the molecule is CC(C)[Si](Sc1ccc(C2(NC(=O)O)COC2)cc1)(C(C)C)C(C)C. The van der Waals surface area contributed by atoms with Crippen LogP contribution in [-0.2, 0) is 10.3 Å². The van der Waals surface area contributed by atoms with Gasteiger partial charge in [0.15, 0.2) is 0 Å². The fourth-order valence-corrected chi connectivity index (χ4v) is 13.4. The van der Waals surface area contributed by atoms with Crippen LogP contribution < -0.4 is 5.32 Å². The first-order valence-electron chi connectivity index (χ1n) is 9.02. The van der Waals surface area contributed by atoms with E-state index in [1.54, 1.807) is 0 Å². The molecule has 25 heavy (non-hydrogen) atoms. The predicted molar refractivity (Wildman–Crippen MR) is 107 cm³/mol. The minimum Gasteiger partial charge on any atom is -0.465 e. The van der Waals surface area contributed by atoms with Crippen molar-refractivity contribution in [2.45, 2.75) is 68.6 Å². The molecule has 1 aromatic rings. The number of amides is 1. The smallest absolute Gasteiger partial charge is 0.405 e. The molecule has 4 nitrogen and oxygen atoms in total. The molecule has 140 valence electrons. The van der Waals surface area contributed by atoms with Gasteiger partial charge in [0.2, 0.25) is 0 Å². The van der Waals surface area contributed by atoms with E-state index in [1.165, 1.54) is 4.90 Å². The van der Waals surface area contributed by atoms with Gasteiger partial charge in [-0.15, -0.1) is 0 Å². The number of nitrogens with one attached hydrogen (secondary N) is 1. The van der Waals surface area contributed by atoms with E-state index in [-0.39, 0.29) is 0 Å². The Morgan fingerprint density at radius 1 is 1.08 bits per heavy atom. The Bertz CT molecular complexity index is 575. The van der Waals surface area contributed by atoms with Crippen molar-refractivity contribution in [2.24, 2.45) is 0 Å². The van der Waals surface area contributed by atoms with Gasteiger partial charge in [0.05, 0.1) is 13.2 Å². The summed E-state index contributed by atoms with van der Waals surface area (Å²) in [6.07, 6.45) is -1.01. The minimum absolute atomic E-state index is 0.397. The maximum atomic E-state index is 11.1. The van der Waals surface area contributed by atoms with Gasteiger partial charge in [-0.05, 0) is 34.3 Å². The Morgan fingerprint density at radius 3 is 1.88 bits per heavy atom. The topological polar surface area (TPSA) is 58.6 Å². The zero-order chi connectivity index (χ0) is 18.8. The van der Waals surface area contributed by atoms with Crippen LogP contribution in [0, 0.1) is 0 Å². The second-order valence-electron chi connectivity index (χ2n) is 7.95. The normalized spacial score (nSPS) is 17.0. The molecular weight excluding hydrogens is 350 g/mol. The monoisotopic (exact) mass is 381 g/mol. The van der Waals surface area contributed by atoms with Crippen molar-refractivity contribution in [2.75, 3.05) is 13.2 Å². The van der Waals surface area contributed by atoms with Gasteiger partial charge in [-0.2, -0.15) is 11.2 Å². The molecule has 0 bridgehead atoms. The first kappa shape index (κ1) is 20.3. The van der Waals surface area contributed by atoms with Crippen molar-refractivity contribution < 1.29 is 14.6 Å². The standard InChI is InChI=1S/C19H31NO3SSi/c1-13(2)25(14(3)4,15(5)6)24-17-9-7-16(8-10-17)19(11-23-12-19)20-18(21)22/h7-10,13-15,20H,11-12H2,1-6H3,(H,21,22). The van der Waals surface area contributed by atoms with Crippen molar-refractivity contribution in [1.82, 2.24) is 5.32 Å². The highest BCUT2D eigenvalue weighted by molar-refractivity contribution is 8.29. The van der Waals surface area contributed by atoms with E-state index in [2.05, 4.69) is 82.3 Å². The molecule has 1 amide bonds. The van der Waals surface area contributed by atoms with Crippen LogP contribution in [0.1, 0.15) is 47.1 Å². The summed E-state index contributed by atoms with van der Waals surface area (Å²) >= 11 is 2.09. The summed E-state index contributed by atoms with van der Waals surface area (Å²) in [5.74, 6) is 0. The average molecular weight is 382 g/mol. The summed E-state index contributed by atoms with van der Waals surface area (Å²) in [4.78, 5) is 12.4. The lowest BCUT2D eigenvalue weighted by atomic mass is 9.88. The van der Waals surface area contributed by atoms with E-state index in [4.69, 9.17) is 9.84 Å². The summed E-state index contributed by atoms with van der Waals surface area (Å²) in [7, 11) is -1.57. The molecule has 1 aromatic carbocycles. The molecule has 6 heteroatoms. The molecule has 0 atom stereocenters. The number of hydrogen-bond acceptors (Lipinski definition) is 3. The summed E-state index contributed by atoms with van der Waals surface area (Å²) in [6, 6.07) is 8.42. The fraction of sp³-hybridized carbons (Fsp3) is 0.632. The molecule has 2 rings (SSSR count). The molecule has 1 heterocycles. The quantitative estimate of drug-likeness (QED) is 0.617. The van der Waals surface area contributed by atoms with Crippen molar-refractivity contribution in [3.8, 4) is 0 Å². The number of ether oxygens (including phenoxy) is 1. The van der Waals surface area contributed by atoms with E-state index in [9.17, 15) is 4.79 Å². The molecule has 0 saturated carbocycles. The number of rotatable bonds is 7. The van der Waals surface area contributed by atoms with Crippen LogP contribution in [0.25, 0.3) is 0 Å². The summed E-state index contributed by atoms with van der Waals surface area (Å²) in [6.45, 7) is 15.0. The van der Waals surface area contributed by atoms with Gasteiger partial charge in [-0.3, -0.25) is 0 Å². The highest BCUT2D eigenvalue weighted by Crippen LogP contribution is 2.52. The molecule has 0 unspecified atom stereocenters. The van der Waals surface area contributed by atoms with E-state index in [1.807, 2.05) is 0 Å². The molecule has 0 aromatic heterocycles. The summed E-state index contributed by atoms with van der Waals surface area (Å²) < 4.78 is 5.27. The third kappa shape index (κ3) is 3.91. The Kier molecular flexibility index (Phi) is 6.28. The Labute approximate surface area is 156 Å². The van der Waals surface area contributed by atoms with Crippen LogP contribution in [0.2, 0.25) is 16.6 Å². The summed E-state index contributed by atoms with van der Waals surface area (Å²) in [5.41, 5.74) is 2.47. The van der Waals surface area contributed by atoms with Crippen molar-refractivity contribution in [3.63, 3.8) is 0 Å². The molecule has 1 aliphatic rings. The lowest BCUT2D eigenvalue weighted by Crippen LogP contribution is -2.59. The Morgan fingerprint density at radius 2 is 1.56 bits per heavy atom. The first-order chi connectivity index (χ1) is 11.6. The molecular formula is C19H31NO3SSi. The van der Waals surface area contributed by atoms with E-state index < -0.39 is 18.9 Å². The molecule has 1 aliphatic heterocycles. The predicted octanol–water partition coefficient (Wildman–Crippen LogP) is 5.45. The second kappa shape index (κ2) is 7.72. The van der Waals surface area contributed by atoms with Crippen molar-refractivity contribution in [1.29, 1.82) is 0 Å².